The SMILES string of the molecule is CCOCC(C)OC1CCCC(=O)C1. The van der Waals surface area contributed by atoms with Crippen LogP contribution in [0.5, 0.6) is 0 Å². The molecule has 0 amide bonds. The van der Waals surface area contributed by atoms with Gasteiger partial charge in [-0.15, -0.1) is 0 Å². The van der Waals surface area contributed by atoms with E-state index in [1.165, 1.54) is 0 Å². The van der Waals surface area contributed by atoms with Crippen molar-refractivity contribution in [3.05, 3.63) is 0 Å². The topological polar surface area (TPSA) is 35.5 Å². The molecule has 0 bridgehead atoms. The molecule has 0 N–H and O–H groups in total. The van der Waals surface area contributed by atoms with Crippen molar-refractivity contribution >= 4 is 5.78 Å². The zero-order valence-corrected chi connectivity index (χ0v) is 9.12. The number of carbonyl (C=O) groups excluding carboxylic acids is 1. The number of hydrogen-bond donors (Lipinski definition) is 0. The summed E-state index contributed by atoms with van der Waals surface area (Å²) in [4.78, 5) is 11.2. The van der Waals surface area contributed by atoms with Gasteiger partial charge in [0.05, 0.1) is 18.8 Å². The maximum Gasteiger partial charge on any atom is 0.135 e. The Bertz CT molecular complexity index is 179. The lowest BCUT2D eigenvalue weighted by molar-refractivity contribution is -0.127. The molecule has 0 aromatic heterocycles. The van der Waals surface area contributed by atoms with Gasteiger partial charge in [0.25, 0.3) is 0 Å². The number of ether oxygens (including phenoxy) is 2. The number of rotatable bonds is 5. The monoisotopic (exact) mass is 200 g/mol. The molecule has 1 saturated carbocycles. The molecule has 0 aromatic rings. The average molecular weight is 200 g/mol. The Morgan fingerprint density at radius 3 is 3.00 bits per heavy atom. The van der Waals surface area contributed by atoms with Gasteiger partial charge in [0.15, 0.2) is 0 Å². The van der Waals surface area contributed by atoms with Crippen LogP contribution in [0, 0.1) is 0 Å². The Balaban J connectivity index is 2.18. The van der Waals surface area contributed by atoms with Crippen molar-refractivity contribution in [3.63, 3.8) is 0 Å². The Labute approximate surface area is 85.8 Å². The van der Waals surface area contributed by atoms with E-state index in [0.717, 1.165) is 25.9 Å². The predicted octanol–water partition coefficient (Wildman–Crippen LogP) is 1.94. The molecule has 1 rings (SSSR count). The van der Waals surface area contributed by atoms with E-state index in [4.69, 9.17) is 9.47 Å². The van der Waals surface area contributed by atoms with Crippen LogP contribution in [-0.2, 0) is 14.3 Å². The minimum atomic E-state index is 0.103. The summed E-state index contributed by atoms with van der Waals surface area (Å²) in [7, 11) is 0. The lowest BCUT2D eigenvalue weighted by Gasteiger charge is -2.24. The summed E-state index contributed by atoms with van der Waals surface area (Å²) < 4.78 is 11.0. The summed E-state index contributed by atoms with van der Waals surface area (Å²) in [6.07, 6.45) is 3.56. The largest absolute Gasteiger partial charge is 0.379 e. The van der Waals surface area contributed by atoms with E-state index in [1.54, 1.807) is 0 Å². The first-order valence-electron chi connectivity index (χ1n) is 5.47. The lowest BCUT2D eigenvalue weighted by atomic mass is 9.96. The van der Waals surface area contributed by atoms with Crippen molar-refractivity contribution in [2.45, 2.75) is 51.7 Å². The Hall–Kier alpha value is -0.410. The van der Waals surface area contributed by atoms with Gasteiger partial charge in [0, 0.05) is 19.4 Å². The number of hydrogen-bond acceptors (Lipinski definition) is 3. The second kappa shape index (κ2) is 6.14. The number of carbonyl (C=O) groups is 1. The molecule has 0 aliphatic heterocycles. The van der Waals surface area contributed by atoms with Crippen LogP contribution in [-0.4, -0.2) is 31.2 Å². The Kier molecular flexibility index (Phi) is 5.12. The molecule has 0 saturated heterocycles. The van der Waals surface area contributed by atoms with E-state index in [-0.39, 0.29) is 12.2 Å². The third-order valence-corrected chi connectivity index (χ3v) is 2.42. The fraction of sp³-hybridized carbons (Fsp3) is 0.909. The summed E-state index contributed by atoms with van der Waals surface area (Å²) in [6, 6.07) is 0. The smallest absolute Gasteiger partial charge is 0.135 e. The highest BCUT2D eigenvalue weighted by Gasteiger charge is 2.21. The van der Waals surface area contributed by atoms with Gasteiger partial charge in [-0.25, -0.2) is 0 Å². The molecular weight excluding hydrogens is 180 g/mol. The summed E-state index contributed by atoms with van der Waals surface area (Å²) in [5, 5.41) is 0. The van der Waals surface area contributed by atoms with Crippen molar-refractivity contribution in [3.8, 4) is 0 Å². The summed E-state index contributed by atoms with van der Waals surface area (Å²) in [5.41, 5.74) is 0. The average Bonchev–Trinajstić information content (AvgIpc) is 2.15. The zero-order valence-electron chi connectivity index (χ0n) is 9.12. The van der Waals surface area contributed by atoms with E-state index in [0.29, 0.717) is 18.8 Å². The predicted molar refractivity (Wildman–Crippen MR) is 54.3 cm³/mol. The van der Waals surface area contributed by atoms with Crippen molar-refractivity contribution in [2.75, 3.05) is 13.2 Å². The van der Waals surface area contributed by atoms with Crippen molar-refractivity contribution in [1.29, 1.82) is 0 Å². The summed E-state index contributed by atoms with van der Waals surface area (Å²) in [6.45, 7) is 5.31. The third-order valence-electron chi connectivity index (χ3n) is 2.42. The first kappa shape index (κ1) is 11.7. The molecule has 1 aliphatic carbocycles. The highest BCUT2D eigenvalue weighted by molar-refractivity contribution is 5.79. The highest BCUT2D eigenvalue weighted by atomic mass is 16.5. The van der Waals surface area contributed by atoms with Crippen LogP contribution in [0.4, 0.5) is 0 Å². The van der Waals surface area contributed by atoms with E-state index in [9.17, 15) is 4.79 Å². The van der Waals surface area contributed by atoms with E-state index in [1.807, 2.05) is 13.8 Å². The normalized spacial score (nSPS) is 25.0. The lowest BCUT2D eigenvalue weighted by Crippen LogP contribution is -2.28. The van der Waals surface area contributed by atoms with Crippen LogP contribution >= 0.6 is 0 Å². The van der Waals surface area contributed by atoms with Crippen LogP contribution in [0.3, 0.4) is 0 Å². The fourth-order valence-electron chi connectivity index (χ4n) is 1.75. The van der Waals surface area contributed by atoms with Gasteiger partial charge in [-0.2, -0.15) is 0 Å². The van der Waals surface area contributed by atoms with Gasteiger partial charge in [0.1, 0.15) is 5.78 Å². The molecule has 0 spiro atoms. The molecule has 14 heavy (non-hydrogen) atoms. The van der Waals surface area contributed by atoms with E-state index >= 15 is 0 Å². The van der Waals surface area contributed by atoms with Gasteiger partial charge >= 0.3 is 0 Å². The third kappa shape index (κ3) is 4.20. The van der Waals surface area contributed by atoms with Gasteiger partial charge < -0.3 is 9.47 Å². The quantitative estimate of drug-likeness (QED) is 0.680. The maximum atomic E-state index is 11.2. The standard InChI is InChI=1S/C11H20O3/c1-3-13-8-9(2)14-11-6-4-5-10(12)7-11/h9,11H,3-8H2,1-2H3. The second-order valence-electron chi connectivity index (χ2n) is 3.86. The van der Waals surface area contributed by atoms with Crippen LogP contribution in [0.2, 0.25) is 0 Å². The second-order valence-corrected chi connectivity index (χ2v) is 3.86. The molecule has 2 unspecified atom stereocenters. The van der Waals surface area contributed by atoms with Crippen LogP contribution in [0.25, 0.3) is 0 Å². The van der Waals surface area contributed by atoms with Crippen LogP contribution < -0.4 is 0 Å². The summed E-state index contributed by atoms with van der Waals surface area (Å²) >= 11 is 0. The Morgan fingerprint density at radius 1 is 1.57 bits per heavy atom. The first-order valence-corrected chi connectivity index (χ1v) is 5.47. The fourth-order valence-corrected chi connectivity index (χ4v) is 1.75. The van der Waals surface area contributed by atoms with Gasteiger partial charge in [-0.3, -0.25) is 4.79 Å². The van der Waals surface area contributed by atoms with Crippen LogP contribution in [0.1, 0.15) is 39.5 Å². The minimum Gasteiger partial charge on any atom is -0.379 e. The molecule has 0 aromatic carbocycles. The van der Waals surface area contributed by atoms with E-state index in [2.05, 4.69) is 0 Å². The van der Waals surface area contributed by atoms with Gasteiger partial charge in [-0.05, 0) is 26.7 Å². The van der Waals surface area contributed by atoms with Gasteiger partial charge in [-0.1, -0.05) is 0 Å². The number of ketones is 1. The molecule has 1 aliphatic rings. The molecule has 3 nitrogen and oxygen atoms in total. The van der Waals surface area contributed by atoms with Crippen molar-refractivity contribution < 1.29 is 14.3 Å². The number of Topliss-reactive ketones (excluding diaryl/α,β-unsaturated/α-hetero) is 1. The molecule has 82 valence electrons. The minimum absolute atomic E-state index is 0.103. The van der Waals surface area contributed by atoms with Crippen molar-refractivity contribution in [1.82, 2.24) is 0 Å². The van der Waals surface area contributed by atoms with Crippen molar-refractivity contribution in [2.24, 2.45) is 0 Å². The molecule has 3 heteroatoms. The maximum absolute atomic E-state index is 11.2. The zero-order chi connectivity index (χ0) is 10.4. The summed E-state index contributed by atoms with van der Waals surface area (Å²) in [5.74, 6) is 0.338. The Morgan fingerprint density at radius 2 is 2.36 bits per heavy atom. The van der Waals surface area contributed by atoms with Gasteiger partial charge in [0.2, 0.25) is 0 Å². The highest BCUT2D eigenvalue weighted by Crippen LogP contribution is 2.19. The molecule has 2 atom stereocenters. The molecule has 0 heterocycles. The molecule has 0 radical (unpaired) electrons. The molecular formula is C11H20O3. The molecule has 1 fully saturated rings. The van der Waals surface area contributed by atoms with Crippen LogP contribution in [0.15, 0.2) is 0 Å². The first-order chi connectivity index (χ1) is 6.72. The van der Waals surface area contributed by atoms with E-state index < -0.39 is 0 Å².